The van der Waals surface area contributed by atoms with Gasteiger partial charge in [0.25, 0.3) is 0 Å². The Balaban J connectivity index is 1.95. The second kappa shape index (κ2) is 7.91. The molecule has 4 heteroatoms. The standard InChI is InChI=1S/C26H16Cl2N2/c27-22-14-6-3-12-20(22)25-19-11-2-1-9-17(19)18-10-5-8-16-24(18)29-30-26(25)21-13-4-7-15-23(21)28/h1-16H. The van der Waals surface area contributed by atoms with E-state index in [1.807, 2.05) is 78.9 Å². The second-order valence-corrected chi connectivity index (χ2v) is 7.76. The van der Waals surface area contributed by atoms with Gasteiger partial charge in [-0.1, -0.05) is 102 Å². The van der Waals surface area contributed by atoms with Gasteiger partial charge >= 0.3 is 0 Å². The van der Waals surface area contributed by atoms with E-state index in [0.29, 0.717) is 15.7 Å². The fourth-order valence-electron chi connectivity index (χ4n) is 3.78. The van der Waals surface area contributed by atoms with Crippen molar-refractivity contribution in [2.45, 2.75) is 0 Å². The highest BCUT2D eigenvalue weighted by Crippen LogP contribution is 2.45. The van der Waals surface area contributed by atoms with Crippen molar-refractivity contribution < 1.29 is 0 Å². The minimum absolute atomic E-state index is 0.613. The number of nitrogens with zero attached hydrogens (tertiary/aromatic N) is 2. The van der Waals surface area contributed by atoms with Crippen molar-refractivity contribution in [3.05, 3.63) is 124 Å². The minimum Gasteiger partial charge on any atom is -0.150 e. The van der Waals surface area contributed by atoms with Crippen molar-refractivity contribution in [3.63, 3.8) is 0 Å². The predicted octanol–water partition coefficient (Wildman–Crippen LogP) is 8.67. The fraction of sp³-hybridized carbons (Fsp3) is 0. The van der Waals surface area contributed by atoms with Gasteiger partial charge < -0.3 is 0 Å². The number of benzene rings is 4. The zero-order valence-electron chi connectivity index (χ0n) is 15.9. The Morgan fingerprint density at radius 2 is 0.933 bits per heavy atom. The molecule has 0 atom stereocenters. The minimum atomic E-state index is 0.613. The van der Waals surface area contributed by atoms with Gasteiger partial charge in [-0.15, -0.1) is 10.2 Å². The normalized spacial score (nSPS) is 12.7. The van der Waals surface area contributed by atoms with Crippen molar-refractivity contribution in [2.24, 2.45) is 10.2 Å². The molecule has 4 aromatic carbocycles. The van der Waals surface area contributed by atoms with Crippen LogP contribution in [0.3, 0.4) is 0 Å². The highest BCUT2D eigenvalue weighted by molar-refractivity contribution is 6.34. The van der Waals surface area contributed by atoms with Crippen LogP contribution in [0.15, 0.2) is 107 Å². The van der Waals surface area contributed by atoms with Gasteiger partial charge in [0.15, 0.2) is 0 Å². The van der Waals surface area contributed by atoms with Crippen LogP contribution < -0.4 is 0 Å². The maximum Gasteiger partial charge on any atom is 0.103 e. The number of azo groups is 1. The molecule has 0 radical (unpaired) electrons. The van der Waals surface area contributed by atoms with Crippen LogP contribution in [-0.4, -0.2) is 0 Å². The molecular formula is C26H16Cl2N2. The first-order valence-electron chi connectivity index (χ1n) is 9.58. The van der Waals surface area contributed by atoms with E-state index >= 15 is 0 Å². The third kappa shape index (κ3) is 3.24. The number of rotatable bonds is 2. The van der Waals surface area contributed by atoms with E-state index < -0.39 is 0 Å². The maximum absolute atomic E-state index is 6.67. The molecule has 0 saturated carbocycles. The van der Waals surface area contributed by atoms with E-state index in [9.17, 15) is 0 Å². The molecule has 5 rings (SSSR count). The molecule has 1 aliphatic rings. The molecule has 0 unspecified atom stereocenters. The first kappa shape index (κ1) is 18.8. The average molecular weight is 427 g/mol. The van der Waals surface area contributed by atoms with E-state index in [1.54, 1.807) is 0 Å². The Hall–Kier alpha value is -3.20. The van der Waals surface area contributed by atoms with E-state index in [2.05, 4.69) is 23.3 Å². The molecule has 0 spiro atoms. The van der Waals surface area contributed by atoms with Gasteiger partial charge in [-0.05, 0) is 29.3 Å². The Labute approximate surface area is 185 Å². The van der Waals surface area contributed by atoms with Gasteiger partial charge in [0.2, 0.25) is 0 Å². The monoisotopic (exact) mass is 426 g/mol. The lowest BCUT2D eigenvalue weighted by atomic mass is 9.87. The Bertz CT molecular complexity index is 1320. The van der Waals surface area contributed by atoms with Gasteiger partial charge in [0, 0.05) is 27.3 Å². The van der Waals surface area contributed by atoms with Crippen LogP contribution in [-0.2, 0) is 0 Å². The summed E-state index contributed by atoms with van der Waals surface area (Å²) in [5, 5.41) is 10.6. The molecule has 4 aromatic rings. The third-order valence-electron chi connectivity index (χ3n) is 5.16. The van der Waals surface area contributed by atoms with E-state index in [0.717, 1.165) is 39.1 Å². The Morgan fingerprint density at radius 1 is 0.433 bits per heavy atom. The van der Waals surface area contributed by atoms with Gasteiger partial charge in [0.05, 0.1) is 10.7 Å². The molecule has 0 aromatic heterocycles. The molecule has 2 nitrogen and oxygen atoms in total. The maximum atomic E-state index is 6.67. The fourth-order valence-corrected chi connectivity index (χ4v) is 4.24. The van der Waals surface area contributed by atoms with Crippen LogP contribution in [0.1, 0.15) is 16.7 Å². The summed E-state index contributed by atoms with van der Waals surface area (Å²) in [6, 6.07) is 31.8. The molecule has 0 aliphatic carbocycles. The van der Waals surface area contributed by atoms with E-state index in [4.69, 9.17) is 28.3 Å². The van der Waals surface area contributed by atoms with Crippen molar-refractivity contribution in [2.75, 3.05) is 0 Å². The highest BCUT2D eigenvalue weighted by atomic mass is 35.5. The summed E-state index contributed by atoms with van der Waals surface area (Å²) in [5.41, 5.74) is 7.25. The van der Waals surface area contributed by atoms with Gasteiger partial charge in [-0.2, -0.15) is 0 Å². The molecule has 0 N–H and O–H groups in total. The average Bonchev–Trinajstić information content (AvgIpc) is 2.77. The lowest BCUT2D eigenvalue weighted by Gasteiger charge is -2.21. The molecule has 0 saturated heterocycles. The second-order valence-electron chi connectivity index (χ2n) is 6.95. The van der Waals surface area contributed by atoms with Crippen molar-refractivity contribution in [1.82, 2.24) is 0 Å². The lowest BCUT2D eigenvalue weighted by Crippen LogP contribution is -1.99. The number of hydrogen-bond donors (Lipinski definition) is 0. The molecule has 0 bridgehead atoms. The first-order valence-corrected chi connectivity index (χ1v) is 10.3. The molecule has 30 heavy (non-hydrogen) atoms. The highest BCUT2D eigenvalue weighted by Gasteiger charge is 2.23. The third-order valence-corrected chi connectivity index (χ3v) is 5.82. The number of fused-ring (bicyclic) bond motifs is 3. The topological polar surface area (TPSA) is 24.7 Å². The largest absolute Gasteiger partial charge is 0.150 e. The summed E-state index contributed by atoms with van der Waals surface area (Å²) in [5.74, 6) is 0. The summed E-state index contributed by atoms with van der Waals surface area (Å²) in [4.78, 5) is 0. The number of hydrogen-bond acceptors (Lipinski definition) is 2. The van der Waals surface area contributed by atoms with Crippen LogP contribution in [0.4, 0.5) is 5.69 Å². The Kier molecular flexibility index (Phi) is 4.96. The number of halogens is 2. The predicted molar refractivity (Wildman–Crippen MR) is 125 cm³/mol. The van der Waals surface area contributed by atoms with Gasteiger partial charge in [0.1, 0.15) is 5.70 Å². The zero-order valence-corrected chi connectivity index (χ0v) is 17.4. The summed E-state index contributed by atoms with van der Waals surface area (Å²) >= 11 is 13.3. The first-order chi connectivity index (χ1) is 14.7. The molecule has 0 fully saturated rings. The van der Waals surface area contributed by atoms with Crippen LogP contribution in [0.5, 0.6) is 0 Å². The molecular weight excluding hydrogens is 411 g/mol. The quantitative estimate of drug-likeness (QED) is 0.306. The molecule has 1 aliphatic heterocycles. The van der Waals surface area contributed by atoms with Crippen LogP contribution in [0.25, 0.3) is 22.4 Å². The van der Waals surface area contributed by atoms with Crippen LogP contribution in [0.2, 0.25) is 10.0 Å². The van der Waals surface area contributed by atoms with Crippen molar-refractivity contribution in [3.8, 4) is 11.1 Å². The van der Waals surface area contributed by atoms with E-state index in [-0.39, 0.29) is 0 Å². The van der Waals surface area contributed by atoms with Crippen LogP contribution >= 0.6 is 23.2 Å². The summed E-state index contributed by atoms with van der Waals surface area (Å²) in [7, 11) is 0. The van der Waals surface area contributed by atoms with Crippen LogP contribution in [0, 0.1) is 0 Å². The Morgan fingerprint density at radius 3 is 1.60 bits per heavy atom. The van der Waals surface area contributed by atoms with Crippen molar-refractivity contribution >= 4 is 40.2 Å². The van der Waals surface area contributed by atoms with Gasteiger partial charge in [-0.25, -0.2) is 0 Å². The summed E-state index contributed by atoms with van der Waals surface area (Å²) in [6.07, 6.45) is 0. The van der Waals surface area contributed by atoms with Crippen molar-refractivity contribution in [1.29, 1.82) is 0 Å². The zero-order chi connectivity index (χ0) is 20.5. The summed E-state index contributed by atoms with van der Waals surface area (Å²) in [6.45, 7) is 0. The molecule has 0 amide bonds. The molecule has 144 valence electrons. The van der Waals surface area contributed by atoms with Gasteiger partial charge in [-0.3, -0.25) is 0 Å². The summed E-state index contributed by atoms with van der Waals surface area (Å²) < 4.78 is 0. The SMILES string of the molecule is Clc1ccccc1C1=C(c2ccccc2Cl)c2ccccc2-c2ccccc2N=N1. The molecule has 1 heterocycles. The smallest absolute Gasteiger partial charge is 0.103 e. The van der Waals surface area contributed by atoms with E-state index in [1.165, 1.54) is 0 Å². The lowest BCUT2D eigenvalue weighted by molar-refractivity contribution is 1.23.